The minimum absolute atomic E-state index is 0.716. The largest absolute Gasteiger partial charge is 0.339 e. The predicted octanol–water partition coefficient (Wildman–Crippen LogP) is 6.42. The molecule has 0 spiro atoms. The summed E-state index contributed by atoms with van der Waals surface area (Å²) in [6.07, 6.45) is 0. The van der Waals surface area contributed by atoms with E-state index in [2.05, 4.69) is 59.4 Å². The molecule has 3 nitrogen and oxygen atoms in total. The molecule has 0 bridgehead atoms. The first-order valence-corrected chi connectivity index (χ1v) is 9.27. The van der Waals surface area contributed by atoms with Gasteiger partial charge in [-0.25, -0.2) is 9.97 Å². The molecule has 0 unspecified atom stereocenters. The molecule has 4 heteroatoms. The molecule has 4 aromatic rings. The predicted molar refractivity (Wildman–Crippen MR) is 112 cm³/mol. The third-order valence-electron chi connectivity index (χ3n) is 4.55. The number of aromatic nitrogens is 2. The van der Waals surface area contributed by atoms with Crippen molar-refractivity contribution >= 4 is 38.3 Å². The fraction of sp³-hybridized carbons (Fsp3) is 0.0909. The molecule has 3 aromatic carbocycles. The maximum Gasteiger partial charge on any atom is 0.162 e. The van der Waals surface area contributed by atoms with E-state index in [-0.39, 0.29) is 0 Å². The Morgan fingerprint density at radius 2 is 1.65 bits per heavy atom. The van der Waals surface area contributed by atoms with Crippen LogP contribution in [0.2, 0.25) is 0 Å². The standard InChI is InChI=1S/C22H18BrN3/c1-14-7-6-10-19(15(14)2)24-22-18-13-17(23)11-12-20(18)25-21(26-22)16-8-4-3-5-9-16/h3-13H,1-2H3,(H,24,25,26). The third kappa shape index (κ3) is 3.20. The smallest absolute Gasteiger partial charge is 0.162 e. The van der Waals surface area contributed by atoms with Gasteiger partial charge in [0.05, 0.1) is 5.52 Å². The van der Waals surface area contributed by atoms with E-state index in [1.54, 1.807) is 0 Å². The summed E-state index contributed by atoms with van der Waals surface area (Å²) >= 11 is 3.56. The van der Waals surface area contributed by atoms with Gasteiger partial charge in [-0.2, -0.15) is 0 Å². The van der Waals surface area contributed by atoms with Crippen LogP contribution in [0.15, 0.2) is 71.2 Å². The second-order valence-electron chi connectivity index (χ2n) is 6.30. The Hall–Kier alpha value is -2.72. The summed E-state index contributed by atoms with van der Waals surface area (Å²) in [6, 6.07) is 22.4. The maximum atomic E-state index is 4.84. The first kappa shape index (κ1) is 16.7. The lowest BCUT2D eigenvalue weighted by Crippen LogP contribution is -2.01. The van der Waals surface area contributed by atoms with E-state index in [0.717, 1.165) is 32.4 Å². The molecule has 128 valence electrons. The number of hydrogen-bond acceptors (Lipinski definition) is 3. The number of anilines is 2. The van der Waals surface area contributed by atoms with Crippen molar-refractivity contribution in [3.05, 3.63) is 82.3 Å². The molecule has 0 amide bonds. The van der Waals surface area contributed by atoms with E-state index in [4.69, 9.17) is 9.97 Å². The van der Waals surface area contributed by atoms with Crippen molar-refractivity contribution in [1.82, 2.24) is 9.97 Å². The zero-order valence-electron chi connectivity index (χ0n) is 14.6. The van der Waals surface area contributed by atoms with Crippen LogP contribution in [0.4, 0.5) is 11.5 Å². The second-order valence-corrected chi connectivity index (χ2v) is 7.21. The summed E-state index contributed by atoms with van der Waals surface area (Å²) < 4.78 is 1.00. The fourth-order valence-corrected chi connectivity index (χ4v) is 3.29. The van der Waals surface area contributed by atoms with Crippen molar-refractivity contribution < 1.29 is 0 Å². The minimum atomic E-state index is 0.716. The van der Waals surface area contributed by atoms with Crippen LogP contribution in [0.25, 0.3) is 22.3 Å². The molecule has 4 rings (SSSR count). The molecule has 0 aliphatic carbocycles. The van der Waals surface area contributed by atoms with Crippen LogP contribution in [0.5, 0.6) is 0 Å². The van der Waals surface area contributed by atoms with Crippen molar-refractivity contribution in [3.63, 3.8) is 0 Å². The Morgan fingerprint density at radius 1 is 0.846 bits per heavy atom. The van der Waals surface area contributed by atoms with Gasteiger partial charge in [-0.15, -0.1) is 0 Å². The van der Waals surface area contributed by atoms with Crippen LogP contribution in [-0.2, 0) is 0 Å². The van der Waals surface area contributed by atoms with Gasteiger partial charge in [-0.05, 0) is 49.2 Å². The zero-order valence-corrected chi connectivity index (χ0v) is 16.2. The highest BCUT2D eigenvalue weighted by Gasteiger charge is 2.11. The minimum Gasteiger partial charge on any atom is -0.339 e. The number of benzene rings is 3. The average molecular weight is 404 g/mol. The maximum absolute atomic E-state index is 4.84. The topological polar surface area (TPSA) is 37.8 Å². The van der Waals surface area contributed by atoms with Crippen LogP contribution in [-0.4, -0.2) is 9.97 Å². The number of halogens is 1. The van der Waals surface area contributed by atoms with Gasteiger partial charge in [0, 0.05) is 21.1 Å². The lowest BCUT2D eigenvalue weighted by molar-refractivity contribution is 1.22. The summed E-state index contributed by atoms with van der Waals surface area (Å²) in [5.41, 5.74) is 5.44. The molecule has 0 fully saturated rings. The van der Waals surface area contributed by atoms with Gasteiger partial charge in [0.2, 0.25) is 0 Å². The van der Waals surface area contributed by atoms with Crippen molar-refractivity contribution in [2.75, 3.05) is 5.32 Å². The van der Waals surface area contributed by atoms with Gasteiger partial charge >= 0.3 is 0 Å². The van der Waals surface area contributed by atoms with Gasteiger partial charge in [-0.3, -0.25) is 0 Å². The molecule has 0 atom stereocenters. The normalized spacial score (nSPS) is 10.9. The number of nitrogens with zero attached hydrogens (tertiary/aromatic N) is 2. The van der Waals surface area contributed by atoms with Gasteiger partial charge < -0.3 is 5.32 Å². The average Bonchev–Trinajstić information content (AvgIpc) is 2.66. The second kappa shape index (κ2) is 6.89. The molecule has 0 aliphatic rings. The molecule has 0 radical (unpaired) electrons. The van der Waals surface area contributed by atoms with Crippen LogP contribution in [0.3, 0.4) is 0 Å². The summed E-state index contributed by atoms with van der Waals surface area (Å²) in [5, 5.41) is 4.51. The highest BCUT2D eigenvalue weighted by atomic mass is 79.9. The van der Waals surface area contributed by atoms with E-state index in [1.165, 1.54) is 11.1 Å². The lowest BCUT2D eigenvalue weighted by atomic mass is 10.1. The summed E-state index contributed by atoms with van der Waals surface area (Å²) in [6.45, 7) is 4.24. The van der Waals surface area contributed by atoms with Crippen molar-refractivity contribution in [2.24, 2.45) is 0 Å². The number of fused-ring (bicyclic) bond motifs is 1. The molecule has 1 heterocycles. The Kier molecular flexibility index (Phi) is 4.43. The Bertz CT molecular complexity index is 1090. The van der Waals surface area contributed by atoms with E-state index in [0.29, 0.717) is 5.82 Å². The fourth-order valence-electron chi connectivity index (χ4n) is 2.93. The van der Waals surface area contributed by atoms with Crippen LogP contribution in [0.1, 0.15) is 11.1 Å². The van der Waals surface area contributed by atoms with E-state index < -0.39 is 0 Å². The van der Waals surface area contributed by atoms with Crippen molar-refractivity contribution in [2.45, 2.75) is 13.8 Å². The van der Waals surface area contributed by atoms with E-state index in [9.17, 15) is 0 Å². The van der Waals surface area contributed by atoms with Crippen LogP contribution >= 0.6 is 15.9 Å². The summed E-state index contributed by atoms with van der Waals surface area (Å²) in [7, 11) is 0. The monoisotopic (exact) mass is 403 g/mol. The Morgan fingerprint density at radius 3 is 2.46 bits per heavy atom. The van der Waals surface area contributed by atoms with Gasteiger partial charge in [0.1, 0.15) is 5.82 Å². The molecule has 0 saturated carbocycles. The van der Waals surface area contributed by atoms with Crippen LogP contribution < -0.4 is 5.32 Å². The van der Waals surface area contributed by atoms with Crippen molar-refractivity contribution in [3.8, 4) is 11.4 Å². The number of aryl methyl sites for hydroxylation is 1. The number of hydrogen-bond donors (Lipinski definition) is 1. The van der Waals surface area contributed by atoms with Gasteiger partial charge in [0.15, 0.2) is 5.82 Å². The first-order chi connectivity index (χ1) is 12.6. The highest BCUT2D eigenvalue weighted by Crippen LogP contribution is 2.30. The number of nitrogens with one attached hydrogen (secondary N) is 1. The SMILES string of the molecule is Cc1cccc(Nc2nc(-c3ccccc3)nc3ccc(Br)cc23)c1C. The molecular weight excluding hydrogens is 386 g/mol. The number of rotatable bonds is 3. The molecular formula is C22H18BrN3. The van der Waals surface area contributed by atoms with Crippen LogP contribution in [0, 0.1) is 13.8 Å². The Balaban J connectivity index is 1.91. The molecule has 0 saturated heterocycles. The van der Waals surface area contributed by atoms with Crippen molar-refractivity contribution in [1.29, 1.82) is 0 Å². The first-order valence-electron chi connectivity index (χ1n) is 8.48. The summed E-state index contributed by atoms with van der Waals surface area (Å²) in [5.74, 6) is 1.53. The zero-order chi connectivity index (χ0) is 18.1. The Labute approximate surface area is 161 Å². The highest BCUT2D eigenvalue weighted by molar-refractivity contribution is 9.10. The molecule has 1 aromatic heterocycles. The van der Waals surface area contributed by atoms with Gasteiger partial charge in [0.25, 0.3) is 0 Å². The van der Waals surface area contributed by atoms with E-state index >= 15 is 0 Å². The lowest BCUT2D eigenvalue weighted by Gasteiger charge is -2.14. The third-order valence-corrected chi connectivity index (χ3v) is 5.04. The molecule has 1 N–H and O–H groups in total. The molecule has 0 aliphatic heterocycles. The van der Waals surface area contributed by atoms with Gasteiger partial charge in [-0.1, -0.05) is 58.4 Å². The quantitative estimate of drug-likeness (QED) is 0.428. The summed E-state index contributed by atoms with van der Waals surface area (Å²) in [4.78, 5) is 9.59. The molecule has 26 heavy (non-hydrogen) atoms. The van der Waals surface area contributed by atoms with E-state index in [1.807, 2.05) is 42.5 Å².